The van der Waals surface area contributed by atoms with Crippen molar-refractivity contribution in [3.63, 3.8) is 0 Å². The number of amides is 2. The molecule has 1 aliphatic heterocycles. The van der Waals surface area contributed by atoms with Crippen molar-refractivity contribution in [3.8, 4) is 0 Å². The molecule has 24 heavy (non-hydrogen) atoms. The third kappa shape index (κ3) is 4.40. The summed E-state index contributed by atoms with van der Waals surface area (Å²) in [4.78, 5) is 29.7. The number of nitrogens with zero attached hydrogens (tertiary/aromatic N) is 2. The van der Waals surface area contributed by atoms with Gasteiger partial charge in [-0.05, 0) is 31.0 Å². The number of thiazole rings is 1. The summed E-state index contributed by atoms with van der Waals surface area (Å²) in [6.45, 7) is 3.01. The van der Waals surface area contributed by atoms with Gasteiger partial charge in [0, 0.05) is 31.1 Å². The highest BCUT2D eigenvalue weighted by atomic mass is 35.5. The van der Waals surface area contributed by atoms with Crippen molar-refractivity contribution in [2.45, 2.75) is 30.1 Å². The summed E-state index contributed by atoms with van der Waals surface area (Å²) >= 11 is 8.97. The van der Waals surface area contributed by atoms with Crippen LogP contribution < -0.4 is 5.32 Å². The van der Waals surface area contributed by atoms with Crippen LogP contribution in [0.15, 0.2) is 22.5 Å². The van der Waals surface area contributed by atoms with Crippen LogP contribution in [0.5, 0.6) is 0 Å². The van der Waals surface area contributed by atoms with E-state index in [0.717, 1.165) is 27.4 Å². The van der Waals surface area contributed by atoms with Crippen molar-refractivity contribution >= 4 is 56.7 Å². The molecule has 0 aliphatic carbocycles. The highest BCUT2D eigenvalue weighted by Gasteiger charge is 2.22. The number of carbonyl (C=O) groups excluding carboxylic acids is 2. The molecule has 0 radical (unpaired) electrons. The predicted molar refractivity (Wildman–Crippen MR) is 98.8 cm³/mol. The Morgan fingerprint density at radius 1 is 1.42 bits per heavy atom. The summed E-state index contributed by atoms with van der Waals surface area (Å²) in [6.07, 6.45) is 1.63. The molecule has 1 saturated heterocycles. The average molecular weight is 384 g/mol. The third-order valence-corrected chi connectivity index (χ3v) is 6.38. The number of rotatable bonds is 4. The first-order valence-corrected chi connectivity index (χ1v) is 9.93. The maximum absolute atomic E-state index is 12.1. The highest BCUT2D eigenvalue weighted by molar-refractivity contribution is 8.01. The standard InChI is InChI=1S/C16H18ClN3O2S2/c1-10(21)20-6-4-12(5-7-20)18-15(22)9-23-16-19-13-8-11(17)2-3-14(13)24-16/h2-3,8,12H,4-7,9H2,1H3,(H,18,22). The Kier molecular flexibility index (Phi) is 5.63. The van der Waals surface area contributed by atoms with Crippen molar-refractivity contribution < 1.29 is 9.59 Å². The second-order valence-corrected chi connectivity index (χ2v) is 8.42. The second kappa shape index (κ2) is 7.72. The molecule has 0 bridgehead atoms. The van der Waals surface area contributed by atoms with Gasteiger partial charge < -0.3 is 10.2 Å². The van der Waals surface area contributed by atoms with E-state index in [4.69, 9.17) is 11.6 Å². The largest absolute Gasteiger partial charge is 0.353 e. The molecule has 1 N–H and O–H groups in total. The number of hydrogen-bond donors (Lipinski definition) is 1. The van der Waals surface area contributed by atoms with E-state index in [2.05, 4.69) is 10.3 Å². The topological polar surface area (TPSA) is 62.3 Å². The molecule has 8 heteroatoms. The zero-order chi connectivity index (χ0) is 17.1. The van der Waals surface area contributed by atoms with Crippen molar-refractivity contribution in [1.29, 1.82) is 0 Å². The van der Waals surface area contributed by atoms with Crippen molar-refractivity contribution in [3.05, 3.63) is 23.2 Å². The summed E-state index contributed by atoms with van der Waals surface area (Å²) in [7, 11) is 0. The van der Waals surface area contributed by atoms with Crippen LogP contribution in [0.25, 0.3) is 10.2 Å². The van der Waals surface area contributed by atoms with Crippen molar-refractivity contribution in [2.24, 2.45) is 0 Å². The first kappa shape index (κ1) is 17.5. The van der Waals surface area contributed by atoms with E-state index < -0.39 is 0 Å². The van der Waals surface area contributed by atoms with Crippen molar-refractivity contribution in [2.75, 3.05) is 18.8 Å². The lowest BCUT2D eigenvalue weighted by molar-refractivity contribution is -0.130. The van der Waals surface area contributed by atoms with Crippen LogP contribution >= 0.6 is 34.7 Å². The van der Waals surface area contributed by atoms with Crippen LogP contribution in [0.2, 0.25) is 5.02 Å². The zero-order valence-corrected chi connectivity index (χ0v) is 15.6. The van der Waals surface area contributed by atoms with E-state index in [1.165, 1.54) is 11.8 Å². The minimum absolute atomic E-state index is 0.0126. The van der Waals surface area contributed by atoms with Gasteiger partial charge in [-0.3, -0.25) is 9.59 Å². The van der Waals surface area contributed by atoms with E-state index in [0.29, 0.717) is 23.9 Å². The monoisotopic (exact) mass is 383 g/mol. The molecule has 128 valence electrons. The van der Waals surface area contributed by atoms with E-state index in [-0.39, 0.29) is 17.9 Å². The van der Waals surface area contributed by atoms with Gasteiger partial charge in [0.15, 0.2) is 4.34 Å². The Morgan fingerprint density at radius 2 is 2.17 bits per heavy atom. The lowest BCUT2D eigenvalue weighted by Gasteiger charge is -2.31. The van der Waals surface area contributed by atoms with Crippen LogP contribution in [0.3, 0.4) is 0 Å². The smallest absolute Gasteiger partial charge is 0.230 e. The lowest BCUT2D eigenvalue weighted by Crippen LogP contribution is -2.46. The van der Waals surface area contributed by atoms with Crippen LogP contribution in [-0.2, 0) is 9.59 Å². The second-order valence-electron chi connectivity index (χ2n) is 5.73. The number of carbonyl (C=O) groups is 2. The summed E-state index contributed by atoms with van der Waals surface area (Å²) in [6, 6.07) is 5.78. The molecule has 0 spiro atoms. The molecule has 1 aromatic heterocycles. The van der Waals surface area contributed by atoms with Crippen LogP contribution in [-0.4, -0.2) is 46.6 Å². The van der Waals surface area contributed by atoms with Gasteiger partial charge in [0.05, 0.1) is 16.0 Å². The Balaban J connectivity index is 1.47. The average Bonchev–Trinajstić information content (AvgIpc) is 2.95. The molecule has 1 fully saturated rings. The molecular formula is C16H18ClN3O2S2. The first-order valence-electron chi connectivity index (χ1n) is 7.75. The fourth-order valence-electron chi connectivity index (χ4n) is 2.68. The molecule has 1 aromatic carbocycles. The summed E-state index contributed by atoms with van der Waals surface area (Å²) in [5.74, 6) is 0.463. The van der Waals surface area contributed by atoms with Crippen LogP contribution in [0, 0.1) is 0 Å². The van der Waals surface area contributed by atoms with E-state index in [9.17, 15) is 9.59 Å². The summed E-state index contributed by atoms with van der Waals surface area (Å²) in [5.41, 5.74) is 0.868. The van der Waals surface area contributed by atoms with Gasteiger partial charge in [0.2, 0.25) is 11.8 Å². The van der Waals surface area contributed by atoms with Gasteiger partial charge >= 0.3 is 0 Å². The van der Waals surface area contributed by atoms with Gasteiger partial charge in [-0.1, -0.05) is 23.4 Å². The molecule has 1 aliphatic rings. The van der Waals surface area contributed by atoms with Gasteiger partial charge in [0.1, 0.15) is 0 Å². The molecule has 5 nitrogen and oxygen atoms in total. The molecule has 0 saturated carbocycles. The van der Waals surface area contributed by atoms with Crippen LogP contribution in [0.1, 0.15) is 19.8 Å². The number of hydrogen-bond acceptors (Lipinski definition) is 5. The SMILES string of the molecule is CC(=O)N1CCC(NC(=O)CSc2nc3cc(Cl)ccc3s2)CC1. The number of likely N-dealkylation sites (tertiary alicyclic amines) is 1. The van der Waals surface area contributed by atoms with E-state index in [1.54, 1.807) is 18.3 Å². The molecule has 2 aromatic rings. The Bertz CT molecular complexity index is 757. The molecule has 0 atom stereocenters. The number of piperidine rings is 1. The number of nitrogens with one attached hydrogen (secondary N) is 1. The highest BCUT2D eigenvalue weighted by Crippen LogP contribution is 2.30. The number of benzene rings is 1. The van der Waals surface area contributed by atoms with Crippen LogP contribution in [0.4, 0.5) is 0 Å². The summed E-state index contributed by atoms with van der Waals surface area (Å²) < 4.78 is 1.94. The lowest BCUT2D eigenvalue weighted by atomic mass is 10.1. The van der Waals surface area contributed by atoms with E-state index in [1.807, 2.05) is 23.1 Å². The molecule has 0 unspecified atom stereocenters. The maximum Gasteiger partial charge on any atom is 0.230 e. The molecule has 2 heterocycles. The Labute approximate surface area is 153 Å². The quantitative estimate of drug-likeness (QED) is 0.824. The minimum Gasteiger partial charge on any atom is -0.353 e. The van der Waals surface area contributed by atoms with Gasteiger partial charge in [-0.25, -0.2) is 4.98 Å². The van der Waals surface area contributed by atoms with Gasteiger partial charge in [-0.15, -0.1) is 11.3 Å². The third-order valence-electron chi connectivity index (χ3n) is 3.96. The number of aromatic nitrogens is 1. The Morgan fingerprint density at radius 3 is 2.88 bits per heavy atom. The molecule has 2 amide bonds. The number of fused-ring (bicyclic) bond motifs is 1. The van der Waals surface area contributed by atoms with E-state index >= 15 is 0 Å². The fraction of sp³-hybridized carbons (Fsp3) is 0.438. The summed E-state index contributed by atoms with van der Waals surface area (Å²) in [5, 5.41) is 3.72. The van der Waals surface area contributed by atoms with Gasteiger partial charge in [-0.2, -0.15) is 0 Å². The molecular weight excluding hydrogens is 366 g/mol. The Hall–Kier alpha value is -1.31. The zero-order valence-electron chi connectivity index (χ0n) is 13.3. The number of thioether (sulfide) groups is 1. The predicted octanol–water partition coefficient (Wildman–Crippen LogP) is 3.17. The normalized spacial score (nSPS) is 15.7. The fourth-order valence-corrected chi connectivity index (χ4v) is 4.70. The maximum atomic E-state index is 12.1. The number of halogens is 1. The minimum atomic E-state index is 0.0126. The molecule has 3 rings (SSSR count). The van der Waals surface area contributed by atoms with Gasteiger partial charge in [0.25, 0.3) is 0 Å². The first-order chi connectivity index (χ1) is 11.5. The van der Waals surface area contributed by atoms with Crippen molar-refractivity contribution in [1.82, 2.24) is 15.2 Å².